The highest BCUT2D eigenvalue weighted by Gasteiger charge is 2.41. The van der Waals surface area contributed by atoms with E-state index in [2.05, 4.69) is 27.8 Å². The molecule has 0 aromatic rings. The number of hydrogen-bond donors (Lipinski definition) is 1. The predicted octanol–water partition coefficient (Wildman–Crippen LogP) is 5.67. The molecule has 1 nitrogen and oxygen atoms in total. The standard InChI is InChI=1S/C18H31BrO/c1-13(6-5-11-18(2,3)20)15-9-10-16-14(12-19)7-4-8-17(15)16/h12-13,15-17,20H,4-11H2,1-3H3/b14-12+/t13-,15+,16?,17?/m1/s1. The fourth-order valence-electron chi connectivity index (χ4n) is 4.61. The van der Waals surface area contributed by atoms with Crippen LogP contribution in [0.1, 0.15) is 72.1 Å². The monoisotopic (exact) mass is 342 g/mol. The molecule has 0 radical (unpaired) electrons. The highest BCUT2D eigenvalue weighted by molar-refractivity contribution is 9.11. The molecule has 4 atom stereocenters. The number of allylic oxidation sites excluding steroid dienone is 1. The molecule has 0 aromatic carbocycles. The second-order valence-corrected chi connectivity index (χ2v) is 8.23. The normalized spacial score (nSPS) is 34.2. The van der Waals surface area contributed by atoms with Crippen LogP contribution in [0.3, 0.4) is 0 Å². The molecule has 2 aliphatic carbocycles. The molecule has 0 aliphatic heterocycles. The number of hydrogen-bond acceptors (Lipinski definition) is 1. The second kappa shape index (κ2) is 6.96. The van der Waals surface area contributed by atoms with Gasteiger partial charge in [0.15, 0.2) is 0 Å². The molecule has 2 unspecified atom stereocenters. The summed E-state index contributed by atoms with van der Waals surface area (Å²) >= 11 is 3.58. The highest BCUT2D eigenvalue weighted by Crippen LogP contribution is 2.51. The van der Waals surface area contributed by atoms with Crippen LogP contribution in [0.15, 0.2) is 10.6 Å². The van der Waals surface area contributed by atoms with E-state index in [9.17, 15) is 5.11 Å². The van der Waals surface area contributed by atoms with E-state index in [4.69, 9.17) is 0 Å². The molecule has 2 aliphatic rings. The predicted molar refractivity (Wildman–Crippen MR) is 89.9 cm³/mol. The van der Waals surface area contributed by atoms with Crippen molar-refractivity contribution < 1.29 is 5.11 Å². The van der Waals surface area contributed by atoms with E-state index in [0.29, 0.717) is 0 Å². The van der Waals surface area contributed by atoms with Gasteiger partial charge in [0.1, 0.15) is 0 Å². The van der Waals surface area contributed by atoms with Gasteiger partial charge in [0.25, 0.3) is 0 Å². The van der Waals surface area contributed by atoms with Crippen LogP contribution in [0.5, 0.6) is 0 Å². The van der Waals surface area contributed by atoms with Gasteiger partial charge >= 0.3 is 0 Å². The molecular formula is C18H31BrO. The van der Waals surface area contributed by atoms with Crippen molar-refractivity contribution >= 4 is 15.9 Å². The van der Waals surface area contributed by atoms with Gasteiger partial charge in [-0.25, -0.2) is 0 Å². The first-order valence-corrected chi connectivity index (χ1v) is 9.35. The maximum atomic E-state index is 9.84. The van der Waals surface area contributed by atoms with Crippen LogP contribution in [0, 0.1) is 23.7 Å². The van der Waals surface area contributed by atoms with Crippen LogP contribution in [-0.4, -0.2) is 10.7 Å². The molecule has 0 amide bonds. The van der Waals surface area contributed by atoms with Crippen molar-refractivity contribution in [1.82, 2.24) is 0 Å². The molecule has 0 heterocycles. The minimum Gasteiger partial charge on any atom is -0.390 e. The molecular weight excluding hydrogens is 312 g/mol. The molecule has 0 aromatic heterocycles. The fourth-order valence-corrected chi connectivity index (χ4v) is 5.18. The van der Waals surface area contributed by atoms with Crippen molar-refractivity contribution in [3.8, 4) is 0 Å². The fraction of sp³-hybridized carbons (Fsp3) is 0.889. The molecule has 2 saturated carbocycles. The van der Waals surface area contributed by atoms with Crippen LogP contribution < -0.4 is 0 Å². The molecule has 2 heteroatoms. The summed E-state index contributed by atoms with van der Waals surface area (Å²) in [4.78, 5) is 2.21. The van der Waals surface area contributed by atoms with E-state index in [0.717, 1.165) is 30.1 Å². The summed E-state index contributed by atoms with van der Waals surface area (Å²) in [5, 5.41) is 9.84. The molecule has 2 rings (SSSR count). The van der Waals surface area contributed by atoms with E-state index in [-0.39, 0.29) is 0 Å². The Morgan fingerprint density at radius 3 is 2.75 bits per heavy atom. The first kappa shape index (κ1) is 16.5. The van der Waals surface area contributed by atoms with E-state index >= 15 is 0 Å². The Morgan fingerprint density at radius 1 is 1.35 bits per heavy atom. The van der Waals surface area contributed by atoms with Crippen LogP contribution in [-0.2, 0) is 0 Å². The summed E-state index contributed by atoms with van der Waals surface area (Å²) in [5.74, 6) is 3.54. The zero-order chi connectivity index (χ0) is 14.8. The van der Waals surface area contributed by atoms with Gasteiger partial charge in [-0.15, -0.1) is 0 Å². The first-order valence-electron chi connectivity index (χ1n) is 8.44. The third kappa shape index (κ3) is 4.10. The average Bonchev–Trinajstić information content (AvgIpc) is 2.80. The molecule has 1 N–H and O–H groups in total. The Balaban J connectivity index is 1.87. The summed E-state index contributed by atoms with van der Waals surface area (Å²) < 4.78 is 0. The topological polar surface area (TPSA) is 20.2 Å². The van der Waals surface area contributed by atoms with Gasteiger partial charge < -0.3 is 5.11 Å². The van der Waals surface area contributed by atoms with Crippen LogP contribution in [0.4, 0.5) is 0 Å². The molecule has 0 spiro atoms. The van der Waals surface area contributed by atoms with Gasteiger partial charge in [0, 0.05) is 0 Å². The maximum Gasteiger partial charge on any atom is 0.0591 e. The number of rotatable bonds is 5. The van der Waals surface area contributed by atoms with Gasteiger partial charge in [-0.1, -0.05) is 41.3 Å². The van der Waals surface area contributed by atoms with E-state index < -0.39 is 5.60 Å². The van der Waals surface area contributed by atoms with Crippen molar-refractivity contribution in [3.05, 3.63) is 10.6 Å². The Labute approximate surface area is 133 Å². The van der Waals surface area contributed by atoms with E-state index in [1.54, 1.807) is 5.57 Å². The summed E-state index contributed by atoms with van der Waals surface area (Å²) in [7, 11) is 0. The van der Waals surface area contributed by atoms with Gasteiger partial charge in [-0.3, -0.25) is 0 Å². The summed E-state index contributed by atoms with van der Waals surface area (Å²) in [6.07, 6.45) is 10.3. The molecule has 0 saturated heterocycles. The lowest BCUT2D eigenvalue weighted by atomic mass is 9.71. The summed E-state index contributed by atoms with van der Waals surface area (Å²) in [5.41, 5.74) is 1.18. The quantitative estimate of drug-likeness (QED) is 0.682. The van der Waals surface area contributed by atoms with Crippen molar-refractivity contribution in [2.24, 2.45) is 23.7 Å². The Hall–Kier alpha value is 0.180. The molecule has 20 heavy (non-hydrogen) atoms. The largest absolute Gasteiger partial charge is 0.390 e. The lowest BCUT2D eigenvalue weighted by molar-refractivity contribution is 0.0652. The summed E-state index contributed by atoms with van der Waals surface area (Å²) in [6.45, 7) is 6.30. The van der Waals surface area contributed by atoms with Crippen LogP contribution in [0.2, 0.25) is 0 Å². The zero-order valence-electron chi connectivity index (χ0n) is 13.4. The Kier molecular flexibility index (Phi) is 5.76. The van der Waals surface area contributed by atoms with Crippen molar-refractivity contribution in [2.45, 2.75) is 77.7 Å². The van der Waals surface area contributed by atoms with E-state index in [1.165, 1.54) is 44.9 Å². The third-order valence-corrected chi connectivity index (χ3v) is 6.26. The van der Waals surface area contributed by atoms with Gasteiger partial charge in [-0.2, -0.15) is 0 Å². The number of halogens is 1. The highest BCUT2D eigenvalue weighted by atomic mass is 79.9. The molecule has 0 bridgehead atoms. The van der Waals surface area contributed by atoms with Crippen LogP contribution in [0.25, 0.3) is 0 Å². The van der Waals surface area contributed by atoms with Crippen molar-refractivity contribution in [2.75, 3.05) is 0 Å². The van der Waals surface area contributed by atoms with Crippen molar-refractivity contribution in [1.29, 1.82) is 0 Å². The summed E-state index contributed by atoms with van der Waals surface area (Å²) in [6, 6.07) is 0. The zero-order valence-corrected chi connectivity index (χ0v) is 15.0. The number of fused-ring (bicyclic) bond motifs is 1. The smallest absolute Gasteiger partial charge is 0.0591 e. The third-order valence-electron chi connectivity index (χ3n) is 5.68. The average molecular weight is 343 g/mol. The first-order chi connectivity index (χ1) is 9.42. The minimum atomic E-state index is -0.491. The van der Waals surface area contributed by atoms with Crippen LogP contribution >= 0.6 is 15.9 Å². The van der Waals surface area contributed by atoms with Crippen molar-refractivity contribution in [3.63, 3.8) is 0 Å². The van der Waals surface area contributed by atoms with Gasteiger partial charge in [-0.05, 0) is 81.0 Å². The van der Waals surface area contributed by atoms with E-state index in [1.807, 2.05) is 13.8 Å². The maximum absolute atomic E-state index is 9.84. The van der Waals surface area contributed by atoms with Gasteiger partial charge in [0.2, 0.25) is 0 Å². The lowest BCUT2D eigenvalue weighted by Crippen LogP contribution is -2.25. The molecule has 116 valence electrons. The van der Waals surface area contributed by atoms with Gasteiger partial charge in [0.05, 0.1) is 5.60 Å². The molecule has 2 fully saturated rings. The Morgan fingerprint density at radius 2 is 2.10 bits per heavy atom. The lowest BCUT2D eigenvalue weighted by Gasteiger charge is -2.34. The number of aliphatic hydroxyl groups is 1. The minimum absolute atomic E-state index is 0.491. The SMILES string of the molecule is C[C@H](CCCC(C)(C)O)[C@@H]1CCC2/C(=C/Br)CCCC21. The second-order valence-electron chi connectivity index (χ2n) is 7.77. The Bertz CT molecular complexity index is 342.